The minimum Gasteiger partial charge on any atom is -0.331 e. The highest BCUT2D eigenvalue weighted by Gasteiger charge is 2.31. The summed E-state index contributed by atoms with van der Waals surface area (Å²) < 4.78 is 13.0. The van der Waals surface area contributed by atoms with Crippen LogP contribution in [0, 0.1) is 5.82 Å². The molecule has 1 N–H and O–H groups in total. The van der Waals surface area contributed by atoms with Crippen LogP contribution >= 0.6 is 11.3 Å². The number of halogens is 1. The van der Waals surface area contributed by atoms with Crippen LogP contribution in [0.25, 0.3) is 0 Å². The summed E-state index contributed by atoms with van der Waals surface area (Å²) >= 11 is 1.73. The van der Waals surface area contributed by atoms with Gasteiger partial charge in [-0.05, 0) is 65.4 Å². The Hall–Kier alpha value is -2.99. The first-order valence-corrected chi connectivity index (χ1v) is 9.91. The van der Waals surface area contributed by atoms with Crippen LogP contribution in [-0.4, -0.2) is 23.3 Å². The number of thiophene rings is 1. The lowest BCUT2D eigenvalue weighted by atomic mass is 9.93. The summed E-state index contributed by atoms with van der Waals surface area (Å²) in [6, 6.07) is 14.9. The van der Waals surface area contributed by atoms with Gasteiger partial charge in [0.2, 0.25) is 5.91 Å². The molecule has 1 aromatic heterocycles. The van der Waals surface area contributed by atoms with Gasteiger partial charge in [0.15, 0.2) is 0 Å². The molecule has 28 heavy (non-hydrogen) atoms. The molecule has 1 aliphatic rings. The number of benzene rings is 2. The predicted molar refractivity (Wildman–Crippen MR) is 108 cm³/mol. The molecule has 0 unspecified atom stereocenters. The number of carbonyl (C=O) groups excluding carboxylic acids is 2. The third kappa shape index (κ3) is 3.55. The number of hydrogen-bond donors (Lipinski definition) is 1. The van der Waals surface area contributed by atoms with Gasteiger partial charge in [-0.15, -0.1) is 11.3 Å². The molecule has 4 nitrogen and oxygen atoms in total. The summed E-state index contributed by atoms with van der Waals surface area (Å²) in [5, 5.41) is 4.88. The van der Waals surface area contributed by atoms with Crippen molar-refractivity contribution in [1.82, 2.24) is 4.90 Å². The van der Waals surface area contributed by atoms with Gasteiger partial charge in [0.1, 0.15) is 5.82 Å². The Labute approximate surface area is 166 Å². The third-order valence-electron chi connectivity index (χ3n) is 4.96. The average molecular weight is 394 g/mol. The fourth-order valence-electron chi connectivity index (χ4n) is 3.57. The molecule has 0 fully saturated rings. The third-order valence-corrected chi connectivity index (χ3v) is 5.96. The van der Waals surface area contributed by atoms with Crippen molar-refractivity contribution < 1.29 is 14.0 Å². The van der Waals surface area contributed by atoms with Gasteiger partial charge in [-0.25, -0.2) is 4.39 Å². The Morgan fingerprint density at radius 3 is 2.46 bits per heavy atom. The highest BCUT2D eigenvalue weighted by molar-refractivity contribution is 7.10. The van der Waals surface area contributed by atoms with Gasteiger partial charge in [-0.1, -0.05) is 12.1 Å². The van der Waals surface area contributed by atoms with E-state index in [-0.39, 0.29) is 23.7 Å². The zero-order chi connectivity index (χ0) is 19.7. The summed E-state index contributed by atoms with van der Waals surface area (Å²) in [7, 11) is 0. The number of nitrogens with zero attached hydrogens (tertiary/aromatic N) is 1. The Morgan fingerprint density at radius 1 is 1.07 bits per heavy atom. The number of fused-ring (bicyclic) bond motifs is 1. The molecule has 2 aromatic carbocycles. The maximum Gasteiger partial charge on any atom is 0.255 e. The molecule has 2 heterocycles. The minimum absolute atomic E-state index is 0.0514. The molecule has 0 aliphatic carbocycles. The van der Waals surface area contributed by atoms with Crippen molar-refractivity contribution in [3.05, 3.63) is 87.4 Å². The van der Waals surface area contributed by atoms with Crippen molar-refractivity contribution in [2.75, 3.05) is 11.9 Å². The predicted octanol–water partition coefficient (Wildman–Crippen LogP) is 4.63. The molecule has 142 valence electrons. The molecule has 0 saturated heterocycles. The first-order chi connectivity index (χ1) is 13.5. The van der Waals surface area contributed by atoms with Gasteiger partial charge in [0, 0.05) is 29.6 Å². The zero-order valence-electron chi connectivity index (χ0n) is 15.3. The van der Waals surface area contributed by atoms with E-state index < -0.39 is 0 Å². The fourth-order valence-corrected chi connectivity index (χ4v) is 4.47. The van der Waals surface area contributed by atoms with E-state index in [1.807, 2.05) is 29.2 Å². The van der Waals surface area contributed by atoms with E-state index >= 15 is 0 Å². The first kappa shape index (κ1) is 18.4. The molecule has 3 aromatic rings. The van der Waals surface area contributed by atoms with Crippen molar-refractivity contribution in [2.24, 2.45) is 0 Å². The quantitative estimate of drug-likeness (QED) is 0.704. The number of amides is 2. The summed E-state index contributed by atoms with van der Waals surface area (Å²) in [5.74, 6) is -0.623. The molecule has 1 aliphatic heterocycles. The lowest BCUT2D eigenvalue weighted by molar-refractivity contribution is -0.130. The van der Waals surface area contributed by atoms with Crippen molar-refractivity contribution >= 4 is 28.8 Å². The lowest BCUT2D eigenvalue weighted by Crippen LogP contribution is -2.38. The Kier molecular flexibility index (Phi) is 4.96. The number of nitrogens with one attached hydrogen (secondary N) is 1. The molecule has 4 rings (SSSR count). The maximum absolute atomic E-state index is 13.0. The molecule has 0 radical (unpaired) electrons. The second-order valence-corrected chi connectivity index (χ2v) is 7.75. The van der Waals surface area contributed by atoms with Gasteiger partial charge >= 0.3 is 0 Å². The Morgan fingerprint density at radius 2 is 1.79 bits per heavy atom. The van der Waals surface area contributed by atoms with E-state index in [0.717, 1.165) is 12.0 Å². The van der Waals surface area contributed by atoms with Gasteiger partial charge in [0.25, 0.3) is 5.91 Å². The number of carbonyl (C=O) groups is 2. The van der Waals surface area contributed by atoms with Gasteiger partial charge in [-0.3, -0.25) is 9.59 Å². The molecule has 6 heteroatoms. The van der Waals surface area contributed by atoms with Crippen LogP contribution in [0.1, 0.15) is 39.3 Å². The molecule has 1 atom stereocenters. The highest BCUT2D eigenvalue weighted by Crippen LogP contribution is 2.38. The summed E-state index contributed by atoms with van der Waals surface area (Å²) in [5.41, 5.74) is 3.22. The molecule has 0 saturated carbocycles. The minimum atomic E-state index is -0.379. The van der Waals surface area contributed by atoms with Crippen molar-refractivity contribution in [3.8, 4) is 0 Å². The molecule has 0 bridgehead atoms. The van der Waals surface area contributed by atoms with Crippen LogP contribution in [-0.2, 0) is 11.2 Å². The van der Waals surface area contributed by atoms with E-state index in [4.69, 9.17) is 0 Å². The van der Waals surface area contributed by atoms with Gasteiger partial charge in [0.05, 0.1) is 6.04 Å². The highest BCUT2D eigenvalue weighted by atomic mass is 32.1. The SMILES string of the molecule is CC(=O)N1CCc2sccc2[C@H]1c1ccc(NC(=O)c2ccc(F)cc2)cc1. The molecular formula is C22H19FN2O2S. The largest absolute Gasteiger partial charge is 0.331 e. The van der Waals surface area contributed by atoms with Crippen LogP contribution in [0.2, 0.25) is 0 Å². The van der Waals surface area contributed by atoms with Crippen LogP contribution in [0.15, 0.2) is 60.0 Å². The van der Waals surface area contributed by atoms with E-state index in [1.165, 1.54) is 34.7 Å². The van der Waals surface area contributed by atoms with Gasteiger partial charge in [-0.2, -0.15) is 0 Å². The monoisotopic (exact) mass is 394 g/mol. The number of anilines is 1. The topological polar surface area (TPSA) is 49.4 Å². The normalized spacial score (nSPS) is 15.8. The zero-order valence-corrected chi connectivity index (χ0v) is 16.1. The van der Waals surface area contributed by atoms with Crippen molar-refractivity contribution in [1.29, 1.82) is 0 Å². The molecule has 0 spiro atoms. The van der Waals surface area contributed by atoms with E-state index in [2.05, 4.69) is 16.8 Å². The maximum atomic E-state index is 13.0. The number of rotatable bonds is 3. The Bertz CT molecular complexity index is 1010. The summed E-state index contributed by atoms with van der Waals surface area (Å²) in [4.78, 5) is 27.7. The van der Waals surface area contributed by atoms with E-state index in [9.17, 15) is 14.0 Å². The van der Waals surface area contributed by atoms with Crippen LogP contribution in [0.5, 0.6) is 0 Å². The number of hydrogen-bond acceptors (Lipinski definition) is 3. The second kappa shape index (κ2) is 7.56. The van der Waals surface area contributed by atoms with Crippen molar-refractivity contribution in [2.45, 2.75) is 19.4 Å². The molecule has 2 amide bonds. The summed E-state index contributed by atoms with van der Waals surface area (Å²) in [6.45, 7) is 2.30. The van der Waals surface area contributed by atoms with Crippen LogP contribution in [0.3, 0.4) is 0 Å². The Balaban J connectivity index is 1.56. The van der Waals surface area contributed by atoms with E-state index in [1.54, 1.807) is 18.3 Å². The standard InChI is InChI=1S/C22H19FN2O2S/c1-14(26)25-12-10-20-19(11-13-28-20)21(25)15-4-8-18(9-5-15)24-22(27)16-2-6-17(23)7-3-16/h2-9,11,13,21H,10,12H2,1H3,(H,24,27)/t21-/m1/s1. The fraction of sp³-hybridized carbons (Fsp3) is 0.182. The second-order valence-electron chi connectivity index (χ2n) is 6.75. The average Bonchev–Trinajstić information content (AvgIpc) is 3.17. The lowest BCUT2D eigenvalue weighted by Gasteiger charge is -2.35. The van der Waals surface area contributed by atoms with Gasteiger partial charge < -0.3 is 10.2 Å². The van der Waals surface area contributed by atoms with E-state index in [0.29, 0.717) is 17.8 Å². The van der Waals surface area contributed by atoms with Crippen molar-refractivity contribution in [3.63, 3.8) is 0 Å². The first-order valence-electron chi connectivity index (χ1n) is 9.03. The van der Waals surface area contributed by atoms with Crippen LogP contribution in [0.4, 0.5) is 10.1 Å². The van der Waals surface area contributed by atoms with Crippen LogP contribution < -0.4 is 5.32 Å². The smallest absolute Gasteiger partial charge is 0.255 e. The summed E-state index contributed by atoms with van der Waals surface area (Å²) in [6.07, 6.45) is 0.884. The molecular weight excluding hydrogens is 375 g/mol.